The van der Waals surface area contributed by atoms with Crippen LogP contribution in [0.1, 0.15) is 25.7 Å². The molecule has 1 saturated carbocycles. The van der Waals surface area contributed by atoms with Crippen molar-refractivity contribution in [3.8, 4) is 11.3 Å². The highest BCUT2D eigenvalue weighted by Gasteiger charge is 2.17. The lowest BCUT2D eigenvalue weighted by molar-refractivity contribution is 0.744. The van der Waals surface area contributed by atoms with Gasteiger partial charge in [-0.1, -0.05) is 66.9 Å². The topological polar surface area (TPSA) is 49.8 Å². The molecule has 0 aliphatic heterocycles. The van der Waals surface area contributed by atoms with E-state index in [0.29, 0.717) is 17.0 Å². The van der Waals surface area contributed by atoms with Crippen LogP contribution in [-0.2, 0) is 0 Å². The summed E-state index contributed by atoms with van der Waals surface area (Å²) in [5.74, 6) is 1.39. The Morgan fingerprint density at radius 3 is 2.38 bits per heavy atom. The average Bonchev–Trinajstić information content (AvgIpc) is 3.17. The van der Waals surface area contributed by atoms with Crippen molar-refractivity contribution in [3.63, 3.8) is 0 Å². The van der Waals surface area contributed by atoms with Crippen LogP contribution in [0.3, 0.4) is 0 Å². The van der Waals surface area contributed by atoms with Crippen molar-refractivity contribution in [3.05, 3.63) is 65.7 Å². The minimum atomic E-state index is 0.453. The van der Waals surface area contributed by atoms with Gasteiger partial charge in [-0.05, 0) is 25.0 Å². The van der Waals surface area contributed by atoms with Crippen LogP contribution in [0.25, 0.3) is 11.3 Å². The third kappa shape index (κ3) is 3.97. The van der Waals surface area contributed by atoms with Gasteiger partial charge in [0.05, 0.1) is 16.4 Å². The van der Waals surface area contributed by atoms with E-state index in [1.807, 2.05) is 48.5 Å². The Hall–Kier alpha value is -2.59. The van der Waals surface area contributed by atoms with Crippen LogP contribution in [0.2, 0.25) is 5.02 Å². The molecule has 1 aromatic heterocycles. The molecule has 26 heavy (non-hydrogen) atoms. The van der Waals surface area contributed by atoms with Gasteiger partial charge in [0.25, 0.3) is 0 Å². The number of benzene rings is 2. The van der Waals surface area contributed by atoms with Gasteiger partial charge in [-0.25, -0.2) is 4.98 Å². The highest BCUT2D eigenvalue weighted by Crippen LogP contribution is 2.28. The van der Waals surface area contributed by atoms with Gasteiger partial charge in [0.15, 0.2) is 0 Å². The van der Waals surface area contributed by atoms with Crippen LogP contribution in [0.15, 0.2) is 60.7 Å². The molecule has 0 unspecified atom stereocenters. The number of hydrogen-bond acceptors (Lipinski definition) is 4. The minimum Gasteiger partial charge on any atom is -0.351 e. The van der Waals surface area contributed by atoms with E-state index in [9.17, 15) is 0 Å². The normalized spacial score (nSPS) is 14.3. The number of nitrogens with zero attached hydrogens (tertiary/aromatic N) is 2. The maximum Gasteiger partial charge on any atom is 0.225 e. The van der Waals surface area contributed by atoms with Gasteiger partial charge >= 0.3 is 0 Å². The average molecular weight is 365 g/mol. The molecule has 132 valence electrons. The van der Waals surface area contributed by atoms with Crippen LogP contribution < -0.4 is 10.6 Å². The molecular formula is C21H21ClN4. The lowest BCUT2D eigenvalue weighted by Gasteiger charge is -2.15. The molecule has 0 saturated heterocycles. The second kappa shape index (κ2) is 7.75. The summed E-state index contributed by atoms with van der Waals surface area (Å²) in [5.41, 5.74) is 2.78. The summed E-state index contributed by atoms with van der Waals surface area (Å²) in [6.07, 6.45) is 4.87. The SMILES string of the molecule is Clc1ccccc1Nc1cc(-c2ccccc2)nc(NC2CCCC2)n1. The Morgan fingerprint density at radius 1 is 0.885 bits per heavy atom. The molecule has 0 atom stereocenters. The van der Waals surface area contributed by atoms with Crippen molar-refractivity contribution in [2.75, 3.05) is 10.6 Å². The van der Waals surface area contributed by atoms with Gasteiger partial charge in [0.2, 0.25) is 5.95 Å². The Bertz CT molecular complexity index is 876. The van der Waals surface area contributed by atoms with E-state index in [4.69, 9.17) is 16.6 Å². The monoisotopic (exact) mass is 364 g/mol. The summed E-state index contributed by atoms with van der Waals surface area (Å²) in [7, 11) is 0. The molecule has 5 heteroatoms. The van der Waals surface area contributed by atoms with Crippen LogP contribution >= 0.6 is 11.6 Å². The standard InChI is InChI=1S/C21H21ClN4/c22-17-12-6-7-13-18(17)24-20-14-19(15-8-2-1-3-9-15)25-21(26-20)23-16-10-4-5-11-16/h1-3,6-9,12-14,16H,4-5,10-11H2,(H2,23,24,25,26). The molecule has 3 aromatic rings. The summed E-state index contributed by atoms with van der Waals surface area (Å²) >= 11 is 6.29. The maximum atomic E-state index is 6.29. The fraction of sp³-hybridized carbons (Fsp3) is 0.238. The summed E-state index contributed by atoms with van der Waals surface area (Å²) in [6.45, 7) is 0. The van der Waals surface area contributed by atoms with Gasteiger partial charge in [0.1, 0.15) is 5.82 Å². The van der Waals surface area contributed by atoms with Crippen LogP contribution in [0.5, 0.6) is 0 Å². The largest absolute Gasteiger partial charge is 0.351 e. The van der Waals surface area contributed by atoms with Crippen molar-refractivity contribution in [2.24, 2.45) is 0 Å². The first-order valence-corrected chi connectivity index (χ1v) is 9.38. The third-order valence-corrected chi connectivity index (χ3v) is 4.95. The van der Waals surface area contributed by atoms with Crippen molar-refractivity contribution < 1.29 is 0 Å². The van der Waals surface area contributed by atoms with Crippen molar-refractivity contribution in [1.29, 1.82) is 0 Å². The predicted octanol–water partition coefficient (Wildman–Crippen LogP) is 5.90. The minimum absolute atomic E-state index is 0.453. The number of hydrogen-bond donors (Lipinski definition) is 2. The number of nitrogens with one attached hydrogen (secondary N) is 2. The van der Waals surface area contributed by atoms with Crippen LogP contribution in [0, 0.1) is 0 Å². The Labute approximate surface area is 158 Å². The number of rotatable bonds is 5. The lowest BCUT2D eigenvalue weighted by atomic mass is 10.1. The van der Waals surface area contributed by atoms with Gasteiger partial charge in [-0.3, -0.25) is 0 Å². The van der Waals surface area contributed by atoms with Gasteiger partial charge < -0.3 is 10.6 Å². The zero-order valence-electron chi connectivity index (χ0n) is 14.5. The van der Waals surface area contributed by atoms with Gasteiger partial charge in [-0.2, -0.15) is 4.98 Å². The van der Waals surface area contributed by atoms with Crippen LogP contribution in [-0.4, -0.2) is 16.0 Å². The van der Waals surface area contributed by atoms with E-state index in [0.717, 1.165) is 22.8 Å². The molecule has 2 N–H and O–H groups in total. The van der Waals surface area contributed by atoms with Crippen molar-refractivity contribution in [2.45, 2.75) is 31.7 Å². The molecule has 0 spiro atoms. The molecular weight excluding hydrogens is 344 g/mol. The fourth-order valence-corrected chi connectivity index (χ4v) is 3.47. The lowest BCUT2D eigenvalue weighted by Crippen LogP contribution is -2.17. The Balaban J connectivity index is 1.68. The predicted molar refractivity (Wildman–Crippen MR) is 108 cm³/mol. The second-order valence-electron chi connectivity index (χ2n) is 6.56. The van der Waals surface area contributed by atoms with Gasteiger partial charge in [0, 0.05) is 17.7 Å². The smallest absolute Gasteiger partial charge is 0.225 e. The molecule has 1 fully saturated rings. The highest BCUT2D eigenvalue weighted by molar-refractivity contribution is 6.33. The van der Waals surface area contributed by atoms with E-state index in [2.05, 4.69) is 27.8 Å². The van der Waals surface area contributed by atoms with E-state index < -0.39 is 0 Å². The first kappa shape index (κ1) is 16.9. The van der Waals surface area contributed by atoms with E-state index in [1.165, 1.54) is 25.7 Å². The summed E-state index contributed by atoms with van der Waals surface area (Å²) in [4.78, 5) is 9.40. The molecule has 0 amide bonds. The number of aromatic nitrogens is 2. The molecule has 1 heterocycles. The molecule has 1 aliphatic rings. The zero-order chi connectivity index (χ0) is 17.8. The van der Waals surface area contributed by atoms with Gasteiger partial charge in [-0.15, -0.1) is 0 Å². The molecule has 4 nitrogen and oxygen atoms in total. The third-order valence-electron chi connectivity index (χ3n) is 4.62. The molecule has 1 aliphatic carbocycles. The molecule has 0 radical (unpaired) electrons. The first-order chi connectivity index (χ1) is 12.8. The second-order valence-corrected chi connectivity index (χ2v) is 6.97. The maximum absolute atomic E-state index is 6.29. The summed E-state index contributed by atoms with van der Waals surface area (Å²) < 4.78 is 0. The zero-order valence-corrected chi connectivity index (χ0v) is 15.2. The fourth-order valence-electron chi connectivity index (χ4n) is 3.29. The van der Waals surface area contributed by atoms with Crippen molar-refractivity contribution >= 4 is 29.1 Å². The van der Waals surface area contributed by atoms with E-state index in [-0.39, 0.29) is 0 Å². The molecule has 4 rings (SSSR count). The molecule has 0 bridgehead atoms. The summed E-state index contributed by atoms with van der Waals surface area (Å²) in [6, 6.07) is 20.2. The Kier molecular flexibility index (Phi) is 5.02. The summed E-state index contributed by atoms with van der Waals surface area (Å²) in [5, 5.41) is 7.49. The number of anilines is 3. The van der Waals surface area contributed by atoms with Crippen LogP contribution in [0.4, 0.5) is 17.5 Å². The Morgan fingerprint density at radius 2 is 1.62 bits per heavy atom. The number of halogens is 1. The number of para-hydroxylation sites is 1. The van der Waals surface area contributed by atoms with Crippen molar-refractivity contribution in [1.82, 2.24) is 9.97 Å². The quantitative estimate of drug-likeness (QED) is 0.592. The highest BCUT2D eigenvalue weighted by atomic mass is 35.5. The molecule has 2 aromatic carbocycles. The first-order valence-electron chi connectivity index (χ1n) is 9.00. The van der Waals surface area contributed by atoms with E-state index >= 15 is 0 Å². The van der Waals surface area contributed by atoms with E-state index in [1.54, 1.807) is 0 Å².